The van der Waals surface area contributed by atoms with Gasteiger partial charge in [0.1, 0.15) is 5.75 Å². The van der Waals surface area contributed by atoms with Gasteiger partial charge in [-0.15, -0.1) is 0 Å². The highest BCUT2D eigenvalue weighted by molar-refractivity contribution is 7.80. The maximum atomic E-state index is 11.8. The van der Waals surface area contributed by atoms with E-state index in [-0.39, 0.29) is 23.2 Å². The van der Waals surface area contributed by atoms with Crippen molar-refractivity contribution in [3.05, 3.63) is 58.1 Å². The van der Waals surface area contributed by atoms with Crippen molar-refractivity contribution in [1.29, 1.82) is 0 Å². The van der Waals surface area contributed by atoms with Crippen LogP contribution in [0.3, 0.4) is 0 Å². The number of thiocarbonyl (C=S) groups is 1. The number of aromatic hydroxyl groups is 1. The number of aryl methyl sites for hydroxylation is 1. The SMILES string of the molecule is O=C(CCc1ccc(O)cc1)NNC(=S)Nc1ccc(Cl)c(Cl)c1. The zero-order valence-electron chi connectivity index (χ0n) is 12.5. The minimum atomic E-state index is -0.207. The molecule has 0 heterocycles. The number of anilines is 1. The topological polar surface area (TPSA) is 73.4 Å². The first-order valence-corrected chi connectivity index (χ1v) is 8.19. The number of hydrogen-bond acceptors (Lipinski definition) is 3. The van der Waals surface area contributed by atoms with Crippen LogP contribution >= 0.6 is 35.4 Å². The van der Waals surface area contributed by atoms with Gasteiger partial charge in [0.15, 0.2) is 5.11 Å². The Morgan fingerprint density at radius 3 is 2.42 bits per heavy atom. The third-order valence-corrected chi connectivity index (χ3v) is 4.01. The molecule has 0 radical (unpaired) electrons. The van der Waals surface area contributed by atoms with E-state index in [1.807, 2.05) is 0 Å². The van der Waals surface area contributed by atoms with Gasteiger partial charge in [0.05, 0.1) is 10.0 Å². The monoisotopic (exact) mass is 383 g/mol. The number of benzene rings is 2. The Morgan fingerprint density at radius 2 is 1.75 bits per heavy atom. The average Bonchev–Trinajstić information content (AvgIpc) is 2.56. The predicted molar refractivity (Wildman–Crippen MR) is 100 cm³/mol. The second kappa shape index (κ2) is 8.73. The molecule has 24 heavy (non-hydrogen) atoms. The largest absolute Gasteiger partial charge is 0.508 e. The van der Waals surface area contributed by atoms with E-state index in [4.69, 9.17) is 35.4 Å². The Balaban J connectivity index is 1.73. The van der Waals surface area contributed by atoms with E-state index in [1.54, 1.807) is 42.5 Å². The number of nitrogens with one attached hydrogen (secondary N) is 3. The maximum absolute atomic E-state index is 11.8. The van der Waals surface area contributed by atoms with Crippen LogP contribution in [0.25, 0.3) is 0 Å². The van der Waals surface area contributed by atoms with Crippen molar-refractivity contribution in [1.82, 2.24) is 10.9 Å². The van der Waals surface area contributed by atoms with Crippen LogP contribution in [0.1, 0.15) is 12.0 Å². The van der Waals surface area contributed by atoms with Crippen LogP contribution in [0.15, 0.2) is 42.5 Å². The number of halogens is 2. The molecule has 5 nitrogen and oxygen atoms in total. The van der Waals surface area contributed by atoms with Crippen LogP contribution < -0.4 is 16.2 Å². The Kier molecular flexibility index (Phi) is 6.66. The highest BCUT2D eigenvalue weighted by Crippen LogP contribution is 2.24. The first-order chi connectivity index (χ1) is 11.4. The lowest BCUT2D eigenvalue weighted by molar-refractivity contribution is -0.121. The molecule has 0 aromatic heterocycles. The summed E-state index contributed by atoms with van der Waals surface area (Å²) >= 11 is 16.8. The summed E-state index contributed by atoms with van der Waals surface area (Å²) in [6.45, 7) is 0. The fourth-order valence-electron chi connectivity index (χ4n) is 1.85. The van der Waals surface area contributed by atoms with E-state index < -0.39 is 0 Å². The zero-order chi connectivity index (χ0) is 17.5. The minimum Gasteiger partial charge on any atom is -0.508 e. The predicted octanol–water partition coefficient (Wildman–Crippen LogP) is 3.65. The molecule has 2 rings (SSSR count). The Bertz CT molecular complexity index is 739. The minimum absolute atomic E-state index is 0.198. The smallest absolute Gasteiger partial charge is 0.238 e. The summed E-state index contributed by atoms with van der Waals surface area (Å²) in [6, 6.07) is 11.7. The number of phenols is 1. The third-order valence-electron chi connectivity index (χ3n) is 3.07. The van der Waals surface area contributed by atoms with Crippen LogP contribution in [0.2, 0.25) is 10.0 Å². The molecule has 126 valence electrons. The van der Waals surface area contributed by atoms with E-state index in [1.165, 1.54) is 0 Å². The van der Waals surface area contributed by atoms with Crippen molar-refractivity contribution in [2.75, 3.05) is 5.32 Å². The van der Waals surface area contributed by atoms with Crippen molar-refractivity contribution in [2.24, 2.45) is 0 Å². The Morgan fingerprint density at radius 1 is 1.04 bits per heavy atom. The molecule has 0 unspecified atom stereocenters. The molecular formula is C16H15Cl2N3O2S. The second-order valence-electron chi connectivity index (χ2n) is 4.92. The van der Waals surface area contributed by atoms with Gasteiger partial charge in [-0.1, -0.05) is 35.3 Å². The lowest BCUT2D eigenvalue weighted by Gasteiger charge is -2.12. The Hall–Kier alpha value is -2.02. The molecule has 0 aliphatic heterocycles. The second-order valence-corrected chi connectivity index (χ2v) is 6.15. The van der Waals surface area contributed by atoms with Crippen molar-refractivity contribution >= 4 is 52.1 Å². The number of amides is 1. The summed E-state index contributed by atoms with van der Waals surface area (Å²) in [4.78, 5) is 11.8. The van der Waals surface area contributed by atoms with Crippen molar-refractivity contribution in [2.45, 2.75) is 12.8 Å². The van der Waals surface area contributed by atoms with Crippen LogP contribution in [0.5, 0.6) is 5.75 Å². The molecule has 0 atom stereocenters. The van der Waals surface area contributed by atoms with Crippen LogP contribution in [-0.4, -0.2) is 16.1 Å². The zero-order valence-corrected chi connectivity index (χ0v) is 14.8. The third kappa shape index (κ3) is 5.88. The highest BCUT2D eigenvalue weighted by atomic mass is 35.5. The molecule has 0 aliphatic carbocycles. The number of rotatable bonds is 4. The first kappa shape index (κ1) is 18.3. The Labute approximate surface area is 154 Å². The number of carbonyl (C=O) groups is 1. The number of phenolic OH excluding ortho intramolecular Hbond substituents is 1. The van der Waals surface area contributed by atoms with Gasteiger partial charge in [0, 0.05) is 12.1 Å². The summed E-state index contributed by atoms with van der Waals surface area (Å²) in [6.07, 6.45) is 0.841. The molecule has 2 aromatic rings. The maximum Gasteiger partial charge on any atom is 0.238 e. The van der Waals surface area contributed by atoms with Gasteiger partial charge in [0.2, 0.25) is 5.91 Å². The summed E-state index contributed by atoms with van der Waals surface area (Å²) in [5, 5.41) is 13.2. The van der Waals surface area contributed by atoms with E-state index >= 15 is 0 Å². The normalized spacial score (nSPS) is 10.1. The summed E-state index contributed by atoms with van der Waals surface area (Å²) in [7, 11) is 0. The van der Waals surface area contributed by atoms with Crippen LogP contribution in [0, 0.1) is 0 Å². The molecule has 1 amide bonds. The van der Waals surface area contributed by atoms with Gasteiger partial charge in [-0.2, -0.15) is 0 Å². The molecule has 4 N–H and O–H groups in total. The molecule has 0 bridgehead atoms. The number of hydrogen-bond donors (Lipinski definition) is 4. The van der Waals surface area contributed by atoms with Crippen LogP contribution in [-0.2, 0) is 11.2 Å². The molecule has 0 saturated carbocycles. The van der Waals surface area contributed by atoms with Gasteiger partial charge < -0.3 is 10.4 Å². The van der Waals surface area contributed by atoms with Crippen molar-refractivity contribution in [3.63, 3.8) is 0 Å². The lowest BCUT2D eigenvalue weighted by atomic mass is 10.1. The fourth-order valence-corrected chi connectivity index (χ4v) is 2.31. The van der Waals surface area contributed by atoms with E-state index in [2.05, 4.69) is 16.2 Å². The van der Waals surface area contributed by atoms with Crippen molar-refractivity contribution in [3.8, 4) is 5.75 Å². The summed E-state index contributed by atoms with van der Waals surface area (Å²) < 4.78 is 0. The van der Waals surface area contributed by atoms with Gasteiger partial charge >= 0.3 is 0 Å². The molecule has 2 aromatic carbocycles. The van der Waals surface area contributed by atoms with Gasteiger partial charge in [-0.05, 0) is 54.5 Å². The molecule has 0 saturated heterocycles. The molecule has 0 fully saturated rings. The van der Waals surface area contributed by atoms with Gasteiger partial charge in [-0.25, -0.2) is 0 Å². The average molecular weight is 384 g/mol. The highest BCUT2D eigenvalue weighted by Gasteiger charge is 2.05. The number of carbonyl (C=O) groups excluding carboxylic acids is 1. The number of hydrazine groups is 1. The summed E-state index contributed by atoms with van der Waals surface area (Å²) in [5.74, 6) is -0.00930. The van der Waals surface area contributed by atoms with Crippen LogP contribution in [0.4, 0.5) is 5.69 Å². The molecule has 0 aliphatic rings. The van der Waals surface area contributed by atoms with E-state index in [0.29, 0.717) is 22.2 Å². The van der Waals surface area contributed by atoms with E-state index in [9.17, 15) is 9.90 Å². The standard InChI is InChI=1S/C16H15Cl2N3O2S/c17-13-7-4-11(9-14(13)18)19-16(24)21-20-15(23)8-3-10-1-5-12(22)6-2-10/h1-2,4-7,9,22H,3,8H2,(H,20,23)(H2,19,21,24). The fraction of sp³-hybridized carbons (Fsp3) is 0.125. The van der Waals surface area contributed by atoms with Gasteiger partial charge in [-0.3, -0.25) is 15.6 Å². The van der Waals surface area contributed by atoms with Gasteiger partial charge in [0.25, 0.3) is 0 Å². The molecular weight excluding hydrogens is 369 g/mol. The lowest BCUT2D eigenvalue weighted by Crippen LogP contribution is -2.43. The first-order valence-electron chi connectivity index (χ1n) is 7.03. The van der Waals surface area contributed by atoms with E-state index in [0.717, 1.165) is 5.56 Å². The molecule has 0 spiro atoms. The van der Waals surface area contributed by atoms with Crippen molar-refractivity contribution < 1.29 is 9.90 Å². The molecule has 8 heteroatoms. The quantitative estimate of drug-likeness (QED) is 0.479. The summed E-state index contributed by atoms with van der Waals surface area (Å²) in [5.41, 5.74) is 6.74.